The molecule has 0 saturated carbocycles. The van der Waals surface area contributed by atoms with Gasteiger partial charge in [0.05, 0.1) is 5.02 Å². The number of ether oxygens (including phenoxy) is 1. The number of rotatable bonds is 6. The van der Waals surface area contributed by atoms with Gasteiger partial charge in [-0.2, -0.15) is 0 Å². The van der Waals surface area contributed by atoms with Crippen molar-refractivity contribution in [3.63, 3.8) is 0 Å². The second kappa shape index (κ2) is 8.92. The Balaban J connectivity index is 1.59. The molecule has 28 heavy (non-hydrogen) atoms. The molecule has 3 rings (SSSR count). The van der Waals surface area contributed by atoms with Gasteiger partial charge < -0.3 is 21.1 Å². The number of carbonyl (C=O) groups is 2. The van der Waals surface area contributed by atoms with Crippen LogP contribution in [0.1, 0.15) is 15.9 Å². The van der Waals surface area contributed by atoms with E-state index in [0.717, 1.165) is 5.56 Å². The number of benzene rings is 3. The van der Waals surface area contributed by atoms with Crippen molar-refractivity contribution in [2.75, 3.05) is 5.32 Å². The van der Waals surface area contributed by atoms with Crippen molar-refractivity contribution in [2.24, 2.45) is 5.73 Å². The van der Waals surface area contributed by atoms with Crippen LogP contribution in [0.2, 0.25) is 5.02 Å². The van der Waals surface area contributed by atoms with Crippen LogP contribution in [0.25, 0.3) is 0 Å². The molecular weight excluding hydrogens is 378 g/mol. The monoisotopic (exact) mass is 395 g/mol. The largest absolute Gasteiger partial charge is 0.456 e. The third kappa shape index (κ3) is 5.25. The Hall–Kier alpha value is -3.51. The summed E-state index contributed by atoms with van der Waals surface area (Å²) in [5, 5.41) is 5.84. The molecule has 0 aliphatic rings. The van der Waals surface area contributed by atoms with Crippen molar-refractivity contribution < 1.29 is 14.3 Å². The highest BCUT2D eigenvalue weighted by Gasteiger charge is 2.07. The van der Waals surface area contributed by atoms with E-state index in [0.29, 0.717) is 34.3 Å². The Morgan fingerprint density at radius 2 is 1.61 bits per heavy atom. The number of primary amides is 1. The standard InChI is InChI=1S/C21H18ClN3O3/c22-18-3-1-2-4-19(18)28-17-11-9-16(10-12-17)25-20(26)15-7-5-14(6-8-15)13-24-21(23)27/h1-12H,13H2,(H,25,26)(H3,23,24,27). The predicted molar refractivity (Wildman–Crippen MR) is 109 cm³/mol. The molecule has 0 aromatic heterocycles. The Labute approximate surface area is 167 Å². The van der Waals surface area contributed by atoms with Crippen molar-refractivity contribution in [1.82, 2.24) is 5.32 Å². The SMILES string of the molecule is NC(=O)NCc1ccc(C(=O)Nc2ccc(Oc3ccccc3Cl)cc2)cc1. The molecule has 3 amide bonds. The van der Waals surface area contributed by atoms with Gasteiger partial charge in [0.15, 0.2) is 0 Å². The van der Waals surface area contributed by atoms with Crippen LogP contribution >= 0.6 is 11.6 Å². The zero-order chi connectivity index (χ0) is 19.9. The molecule has 0 aliphatic carbocycles. The minimum absolute atomic E-state index is 0.241. The fourth-order valence-electron chi connectivity index (χ4n) is 2.43. The summed E-state index contributed by atoms with van der Waals surface area (Å²) in [5.41, 5.74) is 7.01. The number of anilines is 1. The van der Waals surface area contributed by atoms with Crippen molar-refractivity contribution >= 4 is 29.2 Å². The summed E-state index contributed by atoms with van der Waals surface area (Å²) < 4.78 is 5.72. The highest BCUT2D eigenvalue weighted by atomic mass is 35.5. The first kappa shape index (κ1) is 19.3. The molecule has 0 spiro atoms. The molecule has 3 aromatic rings. The van der Waals surface area contributed by atoms with Crippen LogP contribution in [-0.4, -0.2) is 11.9 Å². The summed E-state index contributed by atoms with van der Waals surface area (Å²) in [6.07, 6.45) is 0. The van der Waals surface area contributed by atoms with E-state index in [2.05, 4.69) is 10.6 Å². The highest BCUT2D eigenvalue weighted by Crippen LogP contribution is 2.29. The summed E-state index contributed by atoms with van der Waals surface area (Å²) in [7, 11) is 0. The van der Waals surface area contributed by atoms with E-state index in [1.54, 1.807) is 60.7 Å². The lowest BCUT2D eigenvalue weighted by atomic mass is 10.1. The lowest BCUT2D eigenvalue weighted by molar-refractivity contribution is 0.102. The van der Waals surface area contributed by atoms with E-state index in [1.165, 1.54) is 0 Å². The minimum atomic E-state index is -0.594. The zero-order valence-electron chi connectivity index (χ0n) is 14.8. The van der Waals surface area contributed by atoms with Gasteiger partial charge in [0.25, 0.3) is 5.91 Å². The molecule has 0 heterocycles. The molecule has 142 valence electrons. The van der Waals surface area contributed by atoms with Crippen LogP contribution in [0.4, 0.5) is 10.5 Å². The van der Waals surface area contributed by atoms with Crippen LogP contribution in [0, 0.1) is 0 Å². The smallest absolute Gasteiger partial charge is 0.312 e. The van der Waals surface area contributed by atoms with Gasteiger partial charge in [-0.3, -0.25) is 4.79 Å². The van der Waals surface area contributed by atoms with Crippen LogP contribution in [0.5, 0.6) is 11.5 Å². The van der Waals surface area contributed by atoms with E-state index >= 15 is 0 Å². The summed E-state index contributed by atoms with van der Waals surface area (Å²) in [4.78, 5) is 23.1. The minimum Gasteiger partial charge on any atom is -0.456 e. The molecule has 0 unspecified atom stereocenters. The Morgan fingerprint density at radius 3 is 2.25 bits per heavy atom. The van der Waals surface area contributed by atoms with Crippen LogP contribution in [-0.2, 0) is 6.54 Å². The van der Waals surface area contributed by atoms with Crippen LogP contribution in [0.3, 0.4) is 0 Å². The zero-order valence-corrected chi connectivity index (χ0v) is 15.6. The number of halogens is 1. The number of hydrogen-bond acceptors (Lipinski definition) is 3. The number of para-hydroxylation sites is 1. The van der Waals surface area contributed by atoms with Crippen molar-refractivity contribution in [3.05, 3.63) is 88.9 Å². The van der Waals surface area contributed by atoms with Gasteiger partial charge in [-0.05, 0) is 54.1 Å². The van der Waals surface area contributed by atoms with Gasteiger partial charge in [-0.15, -0.1) is 0 Å². The van der Waals surface area contributed by atoms with Crippen LogP contribution in [0.15, 0.2) is 72.8 Å². The van der Waals surface area contributed by atoms with Crippen molar-refractivity contribution in [3.8, 4) is 11.5 Å². The molecule has 0 fully saturated rings. The molecule has 0 saturated heterocycles. The maximum absolute atomic E-state index is 12.4. The Morgan fingerprint density at radius 1 is 0.929 bits per heavy atom. The predicted octanol–water partition coefficient (Wildman–Crippen LogP) is 4.55. The molecular formula is C21H18ClN3O3. The normalized spacial score (nSPS) is 10.2. The first-order chi connectivity index (χ1) is 13.5. The first-order valence-corrected chi connectivity index (χ1v) is 8.85. The lowest BCUT2D eigenvalue weighted by Crippen LogP contribution is -2.28. The summed E-state index contributed by atoms with van der Waals surface area (Å²) in [5.74, 6) is 0.929. The van der Waals surface area contributed by atoms with Crippen LogP contribution < -0.4 is 21.1 Å². The van der Waals surface area contributed by atoms with Crippen molar-refractivity contribution in [1.29, 1.82) is 0 Å². The second-order valence-electron chi connectivity index (χ2n) is 5.93. The summed E-state index contributed by atoms with van der Waals surface area (Å²) >= 11 is 6.08. The van der Waals surface area contributed by atoms with Crippen molar-refractivity contribution in [2.45, 2.75) is 6.54 Å². The Bertz CT molecular complexity index is 973. The quantitative estimate of drug-likeness (QED) is 0.571. The number of urea groups is 1. The molecule has 0 radical (unpaired) electrons. The van der Waals surface area contributed by atoms with Gasteiger partial charge in [-0.25, -0.2) is 4.79 Å². The van der Waals surface area contributed by atoms with Gasteiger partial charge in [-0.1, -0.05) is 35.9 Å². The van der Waals surface area contributed by atoms with Gasteiger partial charge >= 0.3 is 6.03 Å². The lowest BCUT2D eigenvalue weighted by Gasteiger charge is -2.09. The molecule has 0 atom stereocenters. The van der Waals surface area contributed by atoms with E-state index in [9.17, 15) is 9.59 Å². The number of carbonyl (C=O) groups excluding carboxylic acids is 2. The number of hydrogen-bond donors (Lipinski definition) is 3. The maximum Gasteiger partial charge on any atom is 0.312 e. The molecule has 0 aliphatic heterocycles. The second-order valence-corrected chi connectivity index (χ2v) is 6.33. The highest BCUT2D eigenvalue weighted by molar-refractivity contribution is 6.32. The number of nitrogens with two attached hydrogens (primary N) is 1. The average molecular weight is 396 g/mol. The molecule has 6 nitrogen and oxygen atoms in total. The van der Waals surface area contributed by atoms with E-state index in [-0.39, 0.29) is 5.91 Å². The first-order valence-electron chi connectivity index (χ1n) is 8.47. The maximum atomic E-state index is 12.4. The fourth-order valence-corrected chi connectivity index (χ4v) is 2.60. The van der Waals surface area contributed by atoms with Gasteiger partial charge in [0, 0.05) is 17.8 Å². The molecule has 0 bridgehead atoms. The molecule has 4 N–H and O–H groups in total. The van der Waals surface area contributed by atoms with Gasteiger partial charge in [0.1, 0.15) is 11.5 Å². The van der Waals surface area contributed by atoms with Gasteiger partial charge in [0.2, 0.25) is 0 Å². The topological polar surface area (TPSA) is 93.5 Å². The third-order valence-corrected chi connectivity index (χ3v) is 4.17. The number of amides is 3. The summed E-state index contributed by atoms with van der Waals surface area (Å²) in [6.45, 7) is 0.310. The van der Waals surface area contributed by atoms with E-state index < -0.39 is 6.03 Å². The van der Waals surface area contributed by atoms with E-state index in [4.69, 9.17) is 22.1 Å². The Kier molecular flexibility index (Phi) is 6.14. The molecule has 3 aromatic carbocycles. The summed E-state index contributed by atoms with van der Waals surface area (Å²) in [6, 6.07) is 20.5. The molecule has 7 heteroatoms. The number of nitrogens with one attached hydrogen (secondary N) is 2. The fraction of sp³-hybridized carbons (Fsp3) is 0.0476. The van der Waals surface area contributed by atoms with E-state index in [1.807, 2.05) is 12.1 Å². The average Bonchev–Trinajstić information content (AvgIpc) is 2.70. The third-order valence-electron chi connectivity index (χ3n) is 3.86.